The second-order valence-corrected chi connectivity index (χ2v) is 6.48. The Bertz CT molecular complexity index is 619. The van der Waals surface area contributed by atoms with Crippen molar-refractivity contribution in [2.45, 2.75) is 23.1 Å². The molecule has 2 aromatic carbocycles. The van der Waals surface area contributed by atoms with Crippen LogP contribution in [0, 0.1) is 5.82 Å². The SMILES string of the molecule is CNC(C)CNC(=O)C(Sc1ccc(F)cc1)c1ccccc1. The first-order valence-corrected chi connectivity index (χ1v) is 8.40. The Kier molecular flexibility index (Phi) is 6.62. The summed E-state index contributed by atoms with van der Waals surface area (Å²) in [6, 6.07) is 16.0. The molecule has 2 N–H and O–H groups in total. The second kappa shape index (κ2) is 8.70. The standard InChI is InChI=1S/C18H21FN2OS/c1-13(20-2)12-21-18(22)17(14-6-4-3-5-7-14)23-16-10-8-15(19)9-11-16/h3-11,13,17,20H,12H2,1-2H3,(H,21,22). The fourth-order valence-electron chi connectivity index (χ4n) is 2.00. The van der Waals surface area contributed by atoms with E-state index in [0.717, 1.165) is 10.5 Å². The Morgan fingerprint density at radius 3 is 2.39 bits per heavy atom. The highest BCUT2D eigenvalue weighted by molar-refractivity contribution is 8.00. The Hall–Kier alpha value is -1.85. The molecule has 122 valence electrons. The average Bonchev–Trinajstić information content (AvgIpc) is 2.59. The number of carbonyl (C=O) groups is 1. The number of carbonyl (C=O) groups excluding carboxylic acids is 1. The second-order valence-electron chi connectivity index (χ2n) is 5.30. The van der Waals surface area contributed by atoms with E-state index in [1.807, 2.05) is 44.3 Å². The summed E-state index contributed by atoms with van der Waals surface area (Å²) >= 11 is 1.42. The zero-order valence-electron chi connectivity index (χ0n) is 13.3. The molecule has 2 aromatic rings. The first kappa shape index (κ1) is 17.5. The van der Waals surface area contributed by atoms with E-state index in [4.69, 9.17) is 0 Å². The van der Waals surface area contributed by atoms with Crippen LogP contribution in [0.1, 0.15) is 17.7 Å². The molecule has 0 saturated carbocycles. The van der Waals surface area contributed by atoms with Crippen LogP contribution in [0.3, 0.4) is 0 Å². The average molecular weight is 332 g/mol. The molecule has 0 heterocycles. The van der Waals surface area contributed by atoms with E-state index in [9.17, 15) is 9.18 Å². The number of rotatable bonds is 7. The molecule has 3 nitrogen and oxygen atoms in total. The fraction of sp³-hybridized carbons (Fsp3) is 0.278. The molecule has 0 bridgehead atoms. The van der Waals surface area contributed by atoms with Gasteiger partial charge in [0.1, 0.15) is 11.1 Å². The summed E-state index contributed by atoms with van der Waals surface area (Å²) in [5, 5.41) is 5.69. The van der Waals surface area contributed by atoms with Crippen LogP contribution in [-0.4, -0.2) is 25.5 Å². The maximum atomic E-state index is 13.1. The predicted molar refractivity (Wildman–Crippen MR) is 93.0 cm³/mol. The molecule has 2 unspecified atom stereocenters. The Morgan fingerprint density at radius 1 is 1.13 bits per heavy atom. The summed E-state index contributed by atoms with van der Waals surface area (Å²) in [7, 11) is 1.86. The lowest BCUT2D eigenvalue weighted by atomic mass is 10.1. The van der Waals surface area contributed by atoms with Gasteiger partial charge in [-0.15, -0.1) is 11.8 Å². The molecule has 5 heteroatoms. The highest BCUT2D eigenvalue weighted by atomic mass is 32.2. The van der Waals surface area contributed by atoms with Gasteiger partial charge in [-0.2, -0.15) is 0 Å². The molecular weight excluding hydrogens is 311 g/mol. The highest BCUT2D eigenvalue weighted by Gasteiger charge is 2.22. The quantitative estimate of drug-likeness (QED) is 0.764. The third-order valence-electron chi connectivity index (χ3n) is 3.48. The summed E-state index contributed by atoms with van der Waals surface area (Å²) in [6.07, 6.45) is 0. The number of halogens is 1. The zero-order valence-corrected chi connectivity index (χ0v) is 14.1. The number of nitrogens with one attached hydrogen (secondary N) is 2. The fourth-order valence-corrected chi connectivity index (χ4v) is 3.05. The minimum atomic E-state index is -0.370. The lowest BCUT2D eigenvalue weighted by Crippen LogP contribution is -2.38. The van der Waals surface area contributed by atoms with Crippen molar-refractivity contribution in [2.75, 3.05) is 13.6 Å². The number of thioether (sulfide) groups is 1. The van der Waals surface area contributed by atoms with Gasteiger partial charge in [-0.3, -0.25) is 4.79 Å². The van der Waals surface area contributed by atoms with Crippen molar-refractivity contribution < 1.29 is 9.18 Å². The van der Waals surface area contributed by atoms with Crippen molar-refractivity contribution in [3.8, 4) is 0 Å². The minimum Gasteiger partial charge on any atom is -0.353 e. The third kappa shape index (κ3) is 5.37. The Balaban J connectivity index is 2.15. The first-order chi connectivity index (χ1) is 11.1. The molecule has 0 saturated heterocycles. The zero-order chi connectivity index (χ0) is 16.7. The van der Waals surface area contributed by atoms with Gasteiger partial charge in [0.25, 0.3) is 0 Å². The van der Waals surface area contributed by atoms with E-state index in [0.29, 0.717) is 6.54 Å². The first-order valence-electron chi connectivity index (χ1n) is 7.52. The molecule has 0 spiro atoms. The third-order valence-corrected chi connectivity index (χ3v) is 4.75. The van der Waals surface area contributed by atoms with Gasteiger partial charge in [0, 0.05) is 17.5 Å². The van der Waals surface area contributed by atoms with Crippen LogP contribution in [0.25, 0.3) is 0 Å². The van der Waals surface area contributed by atoms with Crippen LogP contribution in [0.2, 0.25) is 0 Å². The van der Waals surface area contributed by atoms with E-state index >= 15 is 0 Å². The summed E-state index contributed by atoms with van der Waals surface area (Å²) in [4.78, 5) is 13.5. The van der Waals surface area contributed by atoms with Gasteiger partial charge >= 0.3 is 0 Å². The number of hydrogen-bond donors (Lipinski definition) is 2. The lowest BCUT2D eigenvalue weighted by molar-refractivity contribution is -0.120. The Labute approximate surface area is 140 Å². The van der Waals surface area contributed by atoms with Crippen LogP contribution < -0.4 is 10.6 Å². The van der Waals surface area contributed by atoms with Gasteiger partial charge in [-0.25, -0.2) is 4.39 Å². The molecule has 0 fully saturated rings. The van der Waals surface area contributed by atoms with Crippen LogP contribution in [0.15, 0.2) is 59.5 Å². The van der Waals surface area contributed by atoms with E-state index in [1.165, 1.54) is 23.9 Å². The van der Waals surface area contributed by atoms with Gasteiger partial charge in [-0.05, 0) is 43.8 Å². The molecule has 0 aromatic heterocycles. The smallest absolute Gasteiger partial charge is 0.238 e. The van der Waals surface area contributed by atoms with Crippen molar-refractivity contribution in [3.63, 3.8) is 0 Å². The van der Waals surface area contributed by atoms with Crippen molar-refractivity contribution in [2.24, 2.45) is 0 Å². The van der Waals surface area contributed by atoms with Gasteiger partial charge < -0.3 is 10.6 Å². The molecule has 2 atom stereocenters. The number of likely N-dealkylation sites (N-methyl/N-ethyl adjacent to an activating group) is 1. The van der Waals surface area contributed by atoms with Crippen molar-refractivity contribution >= 4 is 17.7 Å². The maximum Gasteiger partial charge on any atom is 0.238 e. The Morgan fingerprint density at radius 2 is 1.78 bits per heavy atom. The highest BCUT2D eigenvalue weighted by Crippen LogP contribution is 2.35. The summed E-state index contributed by atoms with van der Waals surface area (Å²) in [5.41, 5.74) is 0.927. The monoisotopic (exact) mass is 332 g/mol. The molecule has 23 heavy (non-hydrogen) atoms. The lowest BCUT2D eigenvalue weighted by Gasteiger charge is -2.19. The molecule has 0 aliphatic rings. The summed E-state index contributed by atoms with van der Waals surface area (Å²) in [5.74, 6) is -0.328. The van der Waals surface area contributed by atoms with Crippen LogP contribution in [0.5, 0.6) is 0 Å². The van der Waals surface area contributed by atoms with E-state index in [2.05, 4.69) is 10.6 Å². The molecule has 0 aliphatic carbocycles. The van der Waals surface area contributed by atoms with Gasteiger partial charge in [0.05, 0.1) is 0 Å². The van der Waals surface area contributed by atoms with E-state index in [-0.39, 0.29) is 23.0 Å². The van der Waals surface area contributed by atoms with Gasteiger partial charge in [-0.1, -0.05) is 30.3 Å². The van der Waals surface area contributed by atoms with Crippen molar-refractivity contribution in [1.29, 1.82) is 0 Å². The number of amides is 1. The van der Waals surface area contributed by atoms with Gasteiger partial charge in [0.15, 0.2) is 0 Å². The van der Waals surface area contributed by atoms with E-state index in [1.54, 1.807) is 12.1 Å². The number of hydrogen-bond acceptors (Lipinski definition) is 3. The molecule has 0 radical (unpaired) electrons. The molecule has 2 rings (SSSR count). The van der Waals surface area contributed by atoms with Crippen LogP contribution in [0.4, 0.5) is 4.39 Å². The molecular formula is C18H21FN2OS. The molecule has 0 aliphatic heterocycles. The van der Waals surface area contributed by atoms with Crippen LogP contribution >= 0.6 is 11.8 Å². The largest absolute Gasteiger partial charge is 0.353 e. The van der Waals surface area contributed by atoms with Crippen molar-refractivity contribution in [3.05, 3.63) is 66.0 Å². The predicted octanol–water partition coefficient (Wildman–Crippen LogP) is 3.38. The normalized spacial score (nSPS) is 13.3. The maximum absolute atomic E-state index is 13.1. The van der Waals surface area contributed by atoms with Gasteiger partial charge in [0.2, 0.25) is 5.91 Å². The van der Waals surface area contributed by atoms with Crippen LogP contribution in [-0.2, 0) is 4.79 Å². The molecule has 1 amide bonds. The topological polar surface area (TPSA) is 41.1 Å². The van der Waals surface area contributed by atoms with E-state index < -0.39 is 0 Å². The number of benzene rings is 2. The van der Waals surface area contributed by atoms with Crippen molar-refractivity contribution in [1.82, 2.24) is 10.6 Å². The summed E-state index contributed by atoms with van der Waals surface area (Å²) in [6.45, 7) is 2.56. The summed E-state index contributed by atoms with van der Waals surface area (Å²) < 4.78 is 13.1. The minimum absolute atomic E-state index is 0.0485.